The third kappa shape index (κ3) is 3.88. The molecule has 22 heavy (non-hydrogen) atoms. The summed E-state index contributed by atoms with van der Waals surface area (Å²) in [7, 11) is 1.84. The number of carbonyl (C=O) groups excluding carboxylic acids is 1. The van der Waals surface area contributed by atoms with Gasteiger partial charge in [-0.25, -0.2) is 9.78 Å². The van der Waals surface area contributed by atoms with E-state index >= 15 is 0 Å². The summed E-state index contributed by atoms with van der Waals surface area (Å²) < 4.78 is 1.84. The predicted octanol–water partition coefficient (Wildman–Crippen LogP) is 1.89. The minimum atomic E-state index is -0.876. The van der Waals surface area contributed by atoms with Crippen LogP contribution in [-0.2, 0) is 18.4 Å². The van der Waals surface area contributed by atoms with Crippen molar-refractivity contribution in [3.63, 3.8) is 0 Å². The van der Waals surface area contributed by atoms with Gasteiger partial charge in [-0.2, -0.15) is 0 Å². The molecule has 0 aliphatic rings. The smallest absolute Gasteiger partial charge is 0.315 e. The van der Waals surface area contributed by atoms with Gasteiger partial charge in [0.25, 0.3) is 0 Å². The number of hydrogen-bond donors (Lipinski definition) is 3. The number of imidazole rings is 1. The van der Waals surface area contributed by atoms with Crippen molar-refractivity contribution in [3.8, 4) is 0 Å². The Bertz CT molecular complexity index is 699. The number of aromatic nitrogens is 2. The van der Waals surface area contributed by atoms with Gasteiger partial charge in [-0.15, -0.1) is 0 Å². The van der Waals surface area contributed by atoms with Crippen LogP contribution < -0.4 is 10.6 Å². The van der Waals surface area contributed by atoms with Crippen LogP contribution in [0, 0.1) is 0 Å². The number of rotatable bonds is 6. The SMILES string of the molecule is Cn1c(CNC(=O)NCCCC(=O)O)nc2cccc(Cl)c21. The number of carboxylic acid groups (broad SMARTS) is 1. The number of aliphatic carboxylic acids is 1. The molecule has 7 nitrogen and oxygen atoms in total. The highest BCUT2D eigenvalue weighted by atomic mass is 35.5. The van der Waals surface area contributed by atoms with E-state index in [1.165, 1.54) is 0 Å². The van der Waals surface area contributed by atoms with Crippen LogP contribution in [-0.4, -0.2) is 33.2 Å². The van der Waals surface area contributed by atoms with Gasteiger partial charge in [0.1, 0.15) is 5.82 Å². The monoisotopic (exact) mass is 324 g/mol. The second kappa shape index (κ2) is 7.13. The van der Waals surface area contributed by atoms with Crippen molar-refractivity contribution >= 4 is 34.6 Å². The van der Waals surface area contributed by atoms with Crippen LogP contribution in [0.2, 0.25) is 5.02 Å². The number of amides is 2. The predicted molar refractivity (Wildman–Crippen MR) is 82.8 cm³/mol. The third-order valence-corrected chi connectivity index (χ3v) is 3.50. The highest BCUT2D eigenvalue weighted by molar-refractivity contribution is 6.35. The van der Waals surface area contributed by atoms with Gasteiger partial charge in [0.2, 0.25) is 0 Å². The Morgan fingerprint density at radius 2 is 2.14 bits per heavy atom. The zero-order valence-electron chi connectivity index (χ0n) is 12.1. The van der Waals surface area contributed by atoms with E-state index in [4.69, 9.17) is 16.7 Å². The number of halogens is 1. The second-order valence-electron chi connectivity index (χ2n) is 4.80. The maximum Gasteiger partial charge on any atom is 0.315 e. The van der Waals surface area contributed by atoms with Crippen LogP contribution in [0.25, 0.3) is 11.0 Å². The molecule has 8 heteroatoms. The molecular weight excluding hydrogens is 308 g/mol. The fourth-order valence-electron chi connectivity index (χ4n) is 2.09. The summed E-state index contributed by atoms with van der Waals surface area (Å²) in [4.78, 5) is 26.4. The fraction of sp³-hybridized carbons (Fsp3) is 0.357. The van der Waals surface area contributed by atoms with Gasteiger partial charge < -0.3 is 20.3 Å². The molecule has 2 rings (SSSR count). The topological polar surface area (TPSA) is 96.2 Å². The number of carboxylic acids is 1. The van der Waals surface area contributed by atoms with Gasteiger partial charge in [0.05, 0.1) is 22.6 Å². The molecule has 0 atom stereocenters. The lowest BCUT2D eigenvalue weighted by Crippen LogP contribution is -2.36. The Hall–Kier alpha value is -2.28. The molecule has 1 aromatic carbocycles. The summed E-state index contributed by atoms with van der Waals surface area (Å²) in [6.45, 7) is 0.568. The Balaban J connectivity index is 1.89. The molecule has 2 aromatic rings. The molecule has 0 saturated carbocycles. The Labute approximate surface area is 132 Å². The number of benzene rings is 1. The Kier molecular flexibility index (Phi) is 5.21. The summed E-state index contributed by atoms with van der Waals surface area (Å²) in [5.41, 5.74) is 1.59. The van der Waals surface area contributed by atoms with Gasteiger partial charge in [-0.3, -0.25) is 4.79 Å². The molecule has 0 aliphatic heterocycles. The molecule has 3 N–H and O–H groups in total. The molecule has 0 unspecified atom stereocenters. The van der Waals surface area contributed by atoms with Crippen molar-refractivity contribution in [3.05, 3.63) is 29.0 Å². The standard InChI is InChI=1S/C14H17ClN4O3/c1-19-11(18-10-5-2-4-9(15)13(10)19)8-17-14(22)16-7-3-6-12(20)21/h2,4-5H,3,6-8H2,1H3,(H,20,21)(H2,16,17,22). The lowest BCUT2D eigenvalue weighted by Gasteiger charge is -2.07. The summed E-state index contributed by atoms with van der Waals surface area (Å²) in [6, 6.07) is 5.11. The minimum Gasteiger partial charge on any atom is -0.481 e. The molecule has 1 aromatic heterocycles. The van der Waals surface area contributed by atoms with Crippen molar-refractivity contribution in [2.24, 2.45) is 7.05 Å². The van der Waals surface area contributed by atoms with Gasteiger partial charge in [0.15, 0.2) is 0 Å². The highest BCUT2D eigenvalue weighted by Gasteiger charge is 2.11. The zero-order chi connectivity index (χ0) is 16.1. The number of nitrogens with one attached hydrogen (secondary N) is 2. The molecule has 0 bridgehead atoms. The van der Waals surface area contributed by atoms with Crippen LogP contribution in [0.3, 0.4) is 0 Å². The molecular formula is C14H17ClN4O3. The van der Waals surface area contributed by atoms with Crippen molar-refractivity contribution < 1.29 is 14.7 Å². The minimum absolute atomic E-state index is 0.0313. The van der Waals surface area contributed by atoms with Crippen LogP contribution in [0.4, 0.5) is 4.79 Å². The molecule has 2 amide bonds. The van der Waals surface area contributed by atoms with E-state index in [1.807, 2.05) is 23.7 Å². The van der Waals surface area contributed by atoms with Gasteiger partial charge in [0, 0.05) is 20.0 Å². The van der Waals surface area contributed by atoms with E-state index in [2.05, 4.69) is 15.6 Å². The van der Waals surface area contributed by atoms with Crippen molar-refractivity contribution in [2.45, 2.75) is 19.4 Å². The zero-order valence-corrected chi connectivity index (χ0v) is 12.9. The van der Waals surface area contributed by atoms with Crippen molar-refractivity contribution in [2.75, 3.05) is 6.54 Å². The van der Waals surface area contributed by atoms with Crippen LogP contribution >= 0.6 is 11.6 Å². The van der Waals surface area contributed by atoms with E-state index in [9.17, 15) is 9.59 Å². The number of para-hydroxylation sites is 1. The first kappa shape index (κ1) is 16.1. The number of fused-ring (bicyclic) bond motifs is 1. The number of hydrogen-bond acceptors (Lipinski definition) is 3. The molecule has 0 radical (unpaired) electrons. The number of urea groups is 1. The van der Waals surface area contributed by atoms with Crippen LogP contribution in [0.1, 0.15) is 18.7 Å². The molecule has 118 valence electrons. The third-order valence-electron chi connectivity index (χ3n) is 3.20. The summed E-state index contributed by atoms with van der Waals surface area (Å²) in [6.07, 6.45) is 0.425. The number of nitrogens with zero attached hydrogens (tertiary/aromatic N) is 2. The van der Waals surface area contributed by atoms with E-state index in [0.29, 0.717) is 23.8 Å². The summed E-state index contributed by atoms with van der Waals surface area (Å²) >= 11 is 6.14. The highest BCUT2D eigenvalue weighted by Crippen LogP contribution is 2.23. The Morgan fingerprint density at radius 3 is 2.82 bits per heavy atom. The molecule has 1 heterocycles. The normalized spacial score (nSPS) is 10.6. The van der Waals surface area contributed by atoms with Gasteiger partial charge >= 0.3 is 12.0 Å². The quantitative estimate of drug-likeness (QED) is 0.707. The van der Waals surface area contributed by atoms with Gasteiger partial charge in [-0.05, 0) is 18.6 Å². The first-order chi connectivity index (χ1) is 10.5. The maximum atomic E-state index is 11.6. The largest absolute Gasteiger partial charge is 0.481 e. The van der Waals surface area contributed by atoms with E-state index in [1.54, 1.807) is 6.07 Å². The lowest BCUT2D eigenvalue weighted by molar-refractivity contribution is -0.137. The number of carbonyl (C=O) groups is 2. The molecule has 0 spiro atoms. The lowest BCUT2D eigenvalue weighted by atomic mass is 10.3. The molecule has 0 aliphatic carbocycles. The number of aryl methyl sites for hydroxylation is 1. The fourth-order valence-corrected chi connectivity index (χ4v) is 2.39. The summed E-state index contributed by atoms with van der Waals surface area (Å²) in [5, 5.41) is 14.4. The van der Waals surface area contributed by atoms with Crippen LogP contribution in [0.5, 0.6) is 0 Å². The van der Waals surface area contributed by atoms with E-state index in [-0.39, 0.29) is 19.0 Å². The molecule has 0 saturated heterocycles. The average Bonchev–Trinajstić information content (AvgIpc) is 2.79. The average molecular weight is 325 g/mol. The Morgan fingerprint density at radius 1 is 1.36 bits per heavy atom. The van der Waals surface area contributed by atoms with Crippen molar-refractivity contribution in [1.29, 1.82) is 0 Å². The second-order valence-corrected chi connectivity index (χ2v) is 5.21. The molecule has 0 fully saturated rings. The van der Waals surface area contributed by atoms with E-state index in [0.717, 1.165) is 11.0 Å². The first-order valence-corrected chi connectivity index (χ1v) is 7.20. The van der Waals surface area contributed by atoms with Crippen molar-refractivity contribution in [1.82, 2.24) is 20.2 Å². The van der Waals surface area contributed by atoms with E-state index < -0.39 is 5.97 Å². The van der Waals surface area contributed by atoms with Gasteiger partial charge in [-0.1, -0.05) is 17.7 Å². The summed E-state index contributed by atoms with van der Waals surface area (Å²) in [5.74, 6) is -0.192. The maximum absolute atomic E-state index is 11.6. The first-order valence-electron chi connectivity index (χ1n) is 6.82. The van der Waals surface area contributed by atoms with Crippen LogP contribution in [0.15, 0.2) is 18.2 Å².